The van der Waals surface area contributed by atoms with Crippen LogP contribution in [0.5, 0.6) is 5.75 Å². The highest BCUT2D eigenvalue weighted by molar-refractivity contribution is 6.30. The molecule has 0 aliphatic carbocycles. The third kappa shape index (κ3) is 5.21. The Kier molecular flexibility index (Phi) is 6.45. The van der Waals surface area contributed by atoms with Gasteiger partial charge in [0.2, 0.25) is 0 Å². The van der Waals surface area contributed by atoms with E-state index in [4.69, 9.17) is 16.3 Å². The fourth-order valence-electron chi connectivity index (χ4n) is 2.75. The van der Waals surface area contributed by atoms with Gasteiger partial charge in [0.25, 0.3) is 5.91 Å². The fourth-order valence-corrected chi connectivity index (χ4v) is 2.95. The Morgan fingerprint density at radius 3 is 2.29 bits per heavy atom. The number of hydrogen-bond acceptors (Lipinski definition) is 3. The summed E-state index contributed by atoms with van der Waals surface area (Å²) in [7, 11) is 0. The molecule has 3 aromatic rings. The van der Waals surface area contributed by atoms with Gasteiger partial charge in [-0.15, -0.1) is 0 Å². The van der Waals surface area contributed by atoms with E-state index in [0.717, 1.165) is 5.56 Å². The van der Waals surface area contributed by atoms with E-state index >= 15 is 0 Å². The summed E-state index contributed by atoms with van der Waals surface area (Å²) < 4.78 is 5.52. The van der Waals surface area contributed by atoms with Gasteiger partial charge in [0.15, 0.2) is 12.4 Å². The number of ketones is 1. The van der Waals surface area contributed by atoms with Crippen molar-refractivity contribution in [3.05, 3.63) is 101 Å². The molecule has 1 atom stereocenters. The molecule has 0 aromatic heterocycles. The predicted molar refractivity (Wildman–Crippen MR) is 110 cm³/mol. The van der Waals surface area contributed by atoms with Crippen LogP contribution in [0.2, 0.25) is 5.02 Å². The smallest absolute Gasteiger partial charge is 0.258 e. The van der Waals surface area contributed by atoms with Crippen LogP contribution in [-0.4, -0.2) is 18.3 Å². The number of hydrogen-bond donors (Lipinski definition) is 1. The molecule has 3 aromatic carbocycles. The van der Waals surface area contributed by atoms with Crippen molar-refractivity contribution in [1.29, 1.82) is 0 Å². The Morgan fingerprint density at radius 1 is 0.929 bits per heavy atom. The maximum atomic E-state index is 12.4. The second-order valence-corrected chi connectivity index (χ2v) is 6.79. The molecule has 142 valence electrons. The van der Waals surface area contributed by atoms with E-state index < -0.39 is 0 Å². The summed E-state index contributed by atoms with van der Waals surface area (Å²) in [6.07, 6.45) is 0. The molecule has 0 aliphatic rings. The number of carbonyl (C=O) groups excluding carboxylic acids is 2. The molecule has 4 nitrogen and oxygen atoms in total. The highest BCUT2D eigenvalue weighted by Crippen LogP contribution is 2.18. The van der Waals surface area contributed by atoms with Crippen molar-refractivity contribution in [2.24, 2.45) is 0 Å². The number of nitrogens with one attached hydrogen (secondary N) is 1. The first kappa shape index (κ1) is 19.6. The standard InChI is InChI=1S/C23H20ClNO3/c1-16(19-8-5-9-20(24)14-19)25-22(26)15-28-21-12-10-18(11-13-21)23(27)17-6-3-2-4-7-17/h2-14,16H,15H2,1H3,(H,25,26)/t16-/m1/s1. The summed E-state index contributed by atoms with van der Waals surface area (Å²) in [5, 5.41) is 3.49. The Balaban J connectivity index is 1.53. The lowest BCUT2D eigenvalue weighted by molar-refractivity contribution is -0.123. The Bertz CT molecular complexity index is 955. The van der Waals surface area contributed by atoms with Crippen LogP contribution in [0.1, 0.15) is 34.5 Å². The van der Waals surface area contributed by atoms with Crippen LogP contribution >= 0.6 is 11.6 Å². The summed E-state index contributed by atoms with van der Waals surface area (Å²) in [5.74, 6) is 0.229. The van der Waals surface area contributed by atoms with Crippen LogP contribution in [0, 0.1) is 0 Å². The van der Waals surface area contributed by atoms with Gasteiger partial charge in [0, 0.05) is 16.1 Å². The number of amides is 1. The van der Waals surface area contributed by atoms with Crippen LogP contribution in [0.4, 0.5) is 0 Å². The molecule has 0 aliphatic heterocycles. The molecule has 28 heavy (non-hydrogen) atoms. The summed E-state index contributed by atoms with van der Waals surface area (Å²) in [6.45, 7) is 1.77. The highest BCUT2D eigenvalue weighted by Gasteiger charge is 2.11. The third-order valence-electron chi connectivity index (χ3n) is 4.25. The van der Waals surface area contributed by atoms with Crippen molar-refractivity contribution in [1.82, 2.24) is 5.32 Å². The quantitative estimate of drug-likeness (QED) is 0.585. The van der Waals surface area contributed by atoms with Crippen LogP contribution in [-0.2, 0) is 4.79 Å². The van der Waals surface area contributed by atoms with Gasteiger partial charge in [0.1, 0.15) is 5.75 Å². The zero-order valence-corrected chi connectivity index (χ0v) is 16.1. The summed E-state index contributed by atoms with van der Waals surface area (Å²) in [4.78, 5) is 24.5. The van der Waals surface area contributed by atoms with Crippen molar-refractivity contribution < 1.29 is 14.3 Å². The first-order chi connectivity index (χ1) is 13.5. The molecule has 5 heteroatoms. The topological polar surface area (TPSA) is 55.4 Å². The van der Waals surface area contributed by atoms with E-state index in [1.807, 2.05) is 43.3 Å². The number of halogens is 1. The van der Waals surface area contributed by atoms with Crippen molar-refractivity contribution in [2.45, 2.75) is 13.0 Å². The minimum atomic E-state index is -0.239. The second kappa shape index (κ2) is 9.20. The normalized spacial score (nSPS) is 11.5. The van der Waals surface area contributed by atoms with Crippen LogP contribution in [0.25, 0.3) is 0 Å². The molecule has 0 radical (unpaired) electrons. The van der Waals surface area contributed by atoms with E-state index in [1.54, 1.807) is 42.5 Å². The van der Waals surface area contributed by atoms with Gasteiger partial charge in [-0.3, -0.25) is 9.59 Å². The van der Waals surface area contributed by atoms with Gasteiger partial charge in [-0.05, 0) is 48.9 Å². The van der Waals surface area contributed by atoms with Crippen molar-refractivity contribution in [2.75, 3.05) is 6.61 Å². The second-order valence-electron chi connectivity index (χ2n) is 6.35. The number of rotatable bonds is 7. The lowest BCUT2D eigenvalue weighted by atomic mass is 10.0. The van der Waals surface area contributed by atoms with Gasteiger partial charge >= 0.3 is 0 Å². The lowest BCUT2D eigenvalue weighted by Gasteiger charge is -2.15. The molecule has 3 rings (SSSR count). The number of benzene rings is 3. The molecular formula is C23H20ClNO3. The SMILES string of the molecule is C[C@@H](NC(=O)COc1ccc(C(=O)c2ccccc2)cc1)c1cccc(Cl)c1. The zero-order valence-electron chi connectivity index (χ0n) is 15.4. The monoisotopic (exact) mass is 393 g/mol. The molecule has 1 N–H and O–H groups in total. The van der Waals surface area contributed by atoms with Gasteiger partial charge in [-0.2, -0.15) is 0 Å². The minimum Gasteiger partial charge on any atom is -0.484 e. The molecule has 0 heterocycles. The van der Waals surface area contributed by atoms with E-state index in [9.17, 15) is 9.59 Å². The molecule has 0 unspecified atom stereocenters. The molecule has 1 amide bonds. The molecule has 0 fully saturated rings. The maximum absolute atomic E-state index is 12.4. The minimum absolute atomic E-state index is 0.0553. The van der Waals surface area contributed by atoms with Gasteiger partial charge in [-0.1, -0.05) is 54.1 Å². The van der Waals surface area contributed by atoms with E-state index in [0.29, 0.717) is 21.9 Å². The Hall–Kier alpha value is -3.11. The molecular weight excluding hydrogens is 374 g/mol. The van der Waals surface area contributed by atoms with Crippen molar-refractivity contribution in [3.63, 3.8) is 0 Å². The van der Waals surface area contributed by atoms with E-state index in [2.05, 4.69) is 5.32 Å². The highest BCUT2D eigenvalue weighted by atomic mass is 35.5. The largest absolute Gasteiger partial charge is 0.484 e. The zero-order chi connectivity index (χ0) is 19.9. The summed E-state index contributed by atoms with van der Waals surface area (Å²) >= 11 is 5.98. The number of carbonyl (C=O) groups is 2. The molecule has 0 saturated carbocycles. The van der Waals surface area contributed by atoms with Crippen LogP contribution in [0.3, 0.4) is 0 Å². The summed E-state index contributed by atoms with van der Waals surface area (Å²) in [5.41, 5.74) is 2.12. The third-order valence-corrected chi connectivity index (χ3v) is 4.48. The maximum Gasteiger partial charge on any atom is 0.258 e. The average molecular weight is 394 g/mol. The lowest BCUT2D eigenvalue weighted by Crippen LogP contribution is -2.31. The fraction of sp³-hybridized carbons (Fsp3) is 0.130. The first-order valence-electron chi connectivity index (χ1n) is 8.90. The van der Waals surface area contributed by atoms with Crippen LogP contribution < -0.4 is 10.1 Å². The Morgan fingerprint density at radius 2 is 1.61 bits per heavy atom. The first-order valence-corrected chi connectivity index (χ1v) is 9.28. The summed E-state index contributed by atoms with van der Waals surface area (Å²) in [6, 6.07) is 23.0. The van der Waals surface area contributed by atoms with Crippen molar-refractivity contribution >= 4 is 23.3 Å². The van der Waals surface area contributed by atoms with Crippen LogP contribution in [0.15, 0.2) is 78.9 Å². The van der Waals surface area contributed by atoms with Gasteiger partial charge < -0.3 is 10.1 Å². The Labute approximate surface area is 169 Å². The molecule has 0 saturated heterocycles. The predicted octanol–water partition coefficient (Wildman–Crippen LogP) is 4.83. The molecule has 0 spiro atoms. The molecule has 0 bridgehead atoms. The van der Waals surface area contributed by atoms with E-state index in [-0.39, 0.29) is 24.3 Å². The van der Waals surface area contributed by atoms with Crippen molar-refractivity contribution in [3.8, 4) is 5.75 Å². The number of ether oxygens (including phenoxy) is 1. The van der Waals surface area contributed by atoms with Gasteiger partial charge in [0.05, 0.1) is 6.04 Å². The van der Waals surface area contributed by atoms with Gasteiger partial charge in [-0.25, -0.2) is 0 Å². The van der Waals surface area contributed by atoms with E-state index in [1.165, 1.54) is 0 Å². The average Bonchev–Trinajstić information content (AvgIpc) is 2.73.